The summed E-state index contributed by atoms with van der Waals surface area (Å²) in [6, 6.07) is 0. The van der Waals surface area contributed by atoms with Gasteiger partial charge in [-0.05, 0) is 68.6 Å². The predicted octanol–water partition coefficient (Wildman–Crippen LogP) is 3.82. The molecule has 0 N–H and O–H groups in total. The van der Waals surface area contributed by atoms with E-state index >= 15 is 0 Å². The van der Waals surface area contributed by atoms with Gasteiger partial charge in [-0.2, -0.15) is 0 Å². The van der Waals surface area contributed by atoms with Crippen LogP contribution in [0, 0.1) is 40.4 Å². The molecule has 4 fully saturated rings. The molecule has 5 aliphatic rings. The van der Waals surface area contributed by atoms with E-state index in [2.05, 4.69) is 19.1 Å². The first-order valence-electron chi connectivity index (χ1n) is 11.9. The van der Waals surface area contributed by atoms with Gasteiger partial charge >= 0.3 is 17.9 Å². The van der Waals surface area contributed by atoms with Crippen LogP contribution >= 0.6 is 0 Å². The molecule has 4 aliphatic carbocycles. The van der Waals surface area contributed by atoms with Crippen LogP contribution in [-0.4, -0.2) is 36.2 Å². The molecule has 1 spiro atoms. The molecule has 6 heteroatoms. The summed E-state index contributed by atoms with van der Waals surface area (Å²) in [5.41, 5.74) is -0.663. The zero-order valence-corrected chi connectivity index (χ0v) is 19.0. The topological polar surface area (TPSA) is 78.9 Å². The van der Waals surface area contributed by atoms with E-state index < -0.39 is 11.5 Å². The second kappa shape index (κ2) is 7.08. The number of fused-ring (bicyclic) bond motifs is 4. The average molecular weight is 431 g/mol. The van der Waals surface area contributed by atoms with Gasteiger partial charge in [-0.3, -0.25) is 14.4 Å². The van der Waals surface area contributed by atoms with Crippen LogP contribution < -0.4 is 0 Å². The summed E-state index contributed by atoms with van der Waals surface area (Å²) in [5.74, 6) is 0.556. The third-order valence-corrected chi connectivity index (χ3v) is 9.58. The van der Waals surface area contributed by atoms with Crippen LogP contribution in [0.4, 0.5) is 0 Å². The summed E-state index contributed by atoms with van der Waals surface area (Å²) in [6.45, 7) is 7.26. The second-order valence-electron chi connectivity index (χ2n) is 10.9. The third-order valence-electron chi connectivity index (χ3n) is 9.58. The Hall–Kier alpha value is -1.85. The van der Waals surface area contributed by atoms with Crippen molar-refractivity contribution in [2.75, 3.05) is 0 Å². The van der Waals surface area contributed by atoms with Crippen molar-refractivity contribution in [1.82, 2.24) is 0 Å². The lowest BCUT2D eigenvalue weighted by molar-refractivity contribution is -0.196. The monoisotopic (exact) mass is 430 g/mol. The zero-order chi connectivity index (χ0) is 22.1. The number of carbonyl (C=O) groups excluding carboxylic acids is 3. The molecule has 1 heterocycles. The van der Waals surface area contributed by atoms with Crippen molar-refractivity contribution in [2.45, 2.75) is 84.5 Å². The predicted molar refractivity (Wildman–Crippen MR) is 111 cm³/mol. The van der Waals surface area contributed by atoms with Crippen molar-refractivity contribution in [2.24, 2.45) is 40.4 Å². The minimum atomic E-state index is -0.760. The number of rotatable bonds is 2. The van der Waals surface area contributed by atoms with Gasteiger partial charge in [-0.25, -0.2) is 0 Å². The van der Waals surface area contributed by atoms with Crippen LogP contribution in [0.2, 0.25) is 0 Å². The first-order chi connectivity index (χ1) is 14.7. The normalized spacial score (nSPS) is 49.9. The molecule has 0 aromatic carbocycles. The van der Waals surface area contributed by atoms with Gasteiger partial charge in [0.05, 0.1) is 0 Å². The molecule has 0 unspecified atom stereocenters. The Morgan fingerprint density at radius 3 is 2.45 bits per heavy atom. The lowest BCUT2D eigenvalue weighted by Crippen LogP contribution is -2.61. The molecule has 3 saturated carbocycles. The quantitative estimate of drug-likeness (QED) is 0.376. The van der Waals surface area contributed by atoms with Crippen molar-refractivity contribution < 1.29 is 28.6 Å². The standard InChI is InChI=1S/C25H34O6/c1-13-19-7-8-20-18-6-5-16-11-17(30-14(2)26)9-10-24(16,4)21(18)12-22(31-15(3)27)25(19,20)23(28)29-13/h7-8,13,16-22H,5-6,9-12H2,1-4H3/t13-,16-,17-,18-,19+,20-,21-,22+,24-,25-/m0/s1. The van der Waals surface area contributed by atoms with Gasteiger partial charge in [0.25, 0.3) is 0 Å². The van der Waals surface area contributed by atoms with Gasteiger partial charge in [0.2, 0.25) is 0 Å². The molecule has 0 amide bonds. The van der Waals surface area contributed by atoms with Gasteiger partial charge in [-0.15, -0.1) is 0 Å². The van der Waals surface area contributed by atoms with Gasteiger partial charge in [-0.1, -0.05) is 19.1 Å². The fraction of sp³-hybridized carbons (Fsp3) is 0.800. The molecule has 170 valence electrons. The molecule has 5 rings (SSSR count). The van der Waals surface area contributed by atoms with Crippen LogP contribution in [0.25, 0.3) is 0 Å². The Morgan fingerprint density at radius 2 is 1.74 bits per heavy atom. The maximum Gasteiger partial charge on any atom is 0.317 e. The van der Waals surface area contributed by atoms with Crippen molar-refractivity contribution >= 4 is 17.9 Å². The largest absolute Gasteiger partial charge is 0.463 e. The van der Waals surface area contributed by atoms with E-state index in [1.807, 2.05) is 6.92 Å². The SMILES string of the molecule is CC(=O)O[C@H]1CC[C@@]2(C)[C@@H](CC[C@@H]3[C@@H]2C[C@@H](OC(C)=O)[C@]24C(=O)O[C@@H](C)[C@H]2C=C[C@@H]34)C1. The highest BCUT2D eigenvalue weighted by Crippen LogP contribution is 2.68. The van der Waals surface area contributed by atoms with Crippen LogP contribution in [0.1, 0.15) is 66.2 Å². The second-order valence-corrected chi connectivity index (χ2v) is 10.9. The molecule has 31 heavy (non-hydrogen) atoms. The molecular formula is C25H34O6. The number of esters is 3. The summed E-state index contributed by atoms with van der Waals surface area (Å²) in [6.07, 6.45) is 9.40. The Bertz CT molecular complexity index is 834. The van der Waals surface area contributed by atoms with Gasteiger partial charge in [0.15, 0.2) is 0 Å². The maximum absolute atomic E-state index is 13.3. The van der Waals surface area contributed by atoms with Gasteiger partial charge in [0.1, 0.15) is 23.7 Å². The van der Waals surface area contributed by atoms with Crippen molar-refractivity contribution in [3.05, 3.63) is 12.2 Å². The summed E-state index contributed by atoms with van der Waals surface area (Å²) < 4.78 is 17.2. The maximum atomic E-state index is 13.3. The Labute approximate surface area is 184 Å². The van der Waals surface area contributed by atoms with Crippen LogP contribution in [0.15, 0.2) is 12.2 Å². The van der Waals surface area contributed by atoms with Crippen molar-refractivity contribution in [3.8, 4) is 0 Å². The van der Waals surface area contributed by atoms with E-state index in [0.29, 0.717) is 24.2 Å². The van der Waals surface area contributed by atoms with E-state index in [1.165, 1.54) is 13.8 Å². The number of hydrogen-bond acceptors (Lipinski definition) is 6. The molecule has 10 atom stereocenters. The molecular weight excluding hydrogens is 396 g/mol. The minimum absolute atomic E-state index is 0.00717. The molecule has 0 radical (unpaired) electrons. The van der Waals surface area contributed by atoms with Crippen LogP contribution in [0.5, 0.6) is 0 Å². The van der Waals surface area contributed by atoms with E-state index in [0.717, 1.165) is 32.1 Å². The Kier molecular flexibility index (Phi) is 4.80. The number of hydrogen-bond donors (Lipinski definition) is 0. The van der Waals surface area contributed by atoms with Gasteiger partial charge < -0.3 is 14.2 Å². The molecule has 0 aromatic heterocycles. The molecule has 1 saturated heterocycles. The van der Waals surface area contributed by atoms with E-state index in [-0.39, 0.29) is 47.4 Å². The van der Waals surface area contributed by atoms with E-state index in [4.69, 9.17) is 14.2 Å². The van der Waals surface area contributed by atoms with Crippen molar-refractivity contribution in [1.29, 1.82) is 0 Å². The zero-order valence-electron chi connectivity index (χ0n) is 19.0. The Balaban J connectivity index is 1.49. The highest BCUT2D eigenvalue weighted by molar-refractivity contribution is 5.83. The van der Waals surface area contributed by atoms with Crippen molar-refractivity contribution in [3.63, 3.8) is 0 Å². The lowest BCUT2D eigenvalue weighted by atomic mass is 9.43. The first-order valence-corrected chi connectivity index (χ1v) is 11.9. The van der Waals surface area contributed by atoms with E-state index in [1.54, 1.807) is 0 Å². The number of allylic oxidation sites excluding steroid dienone is 1. The number of ether oxygens (including phenoxy) is 3. The fourth-order valence-corrected chi connectivity index (χ4v) is 8.39. The fourth-order valence-electron chi connectivity index (χ4n) is 8.39. The smallest absolute Gasteiger partial charge is 0.317 e. The van der Waals surface area contributed by atoms with E-state index in [9.17, 15) is 14.4 Å². The summed E-state index contributed by atoms with van der Waals surface area (Å²) in [4.78, 5) is 36.9. The highest BCUT2D eigenvalue weighted by atomic mass is 16.6. The third kappa shape index (κ3) is 2.85. The highest BCUT2D eigenvalue weighted by Gasteiger charge is 2.72. The van der Waals surface area contributed by atoms with Gasteiger partial charge in [0, 0.05) is 25.7 Å². The molecule has 0 aromatic rings. The molecule has 0 bridgehead atoms. The molecule has 6 nitrogen and oxygen atoms in total. The number of cyclic esters (lactones) is 1. The summed E-state index contributed by atoms with van der Waals surface area (Å²) in [5, 5.41) is 0. The number of carbonyl (C=O) groups is 3. The summed E-state index contributed by atoms with van der Waals surface area (Å²) in [7, 11) is 0. The first kappa shape index (κ1) is 21.0. The minimum Gasteiger partial charge on any atom is -0.463 e. The lowest BCUT2D eigenvalue weighted by Gasteiger charge is -2.61. The van der Waals surface area contributed by atoms with Crippen LogP contribution in [0.3, 0.4) is 0 Å². The van der Waals surface area contributed by atoms with Crippen LogP contribution in [-0.2, 0) is 28.6 Å². The molecule has 1 aliphatic heterocycles. The summed E-state index contributed by atoms with van der Waals surface area (Å²) >= 11 is 0. The average Bonchev–Trinajstić information content (AvgIpc) is 3.20. The Morgan fingerprint density at radius 1 is 1.03 bits per heavy atom.